The van der Waals surface area contributed by atoms with Crippen LogP contribution in [0.1, 0.15) is 31.9 Å². The van der Waals surface area contributed by atoms with Crippen LogP contribution in [0.25, 0.3) is 0 Å². The fraction of sp³-hybridized carbons (Fsp3) is 0.588. The molecule has 0 aromatic heterocycles. The van der Waals surface area contributed by atoms with E-state index in [1.54, 1.807) is 0 Å². The quantitative estimate of drug-likeness (QED) is 0.395. The Labute approximate surface area is 139 Å². The van der Waals surface area contributed by atoms with Crippen molar-refractivity contribution in [1.82, 2.24) is 10.6 Å². The Morgan fingerprint density at radius 2 is 2.05 bits per heavy atom. The van der Waals surface area contributed by atoms with Crippen molar-refractivity contribution in [2.75, 3.05) is 38.2 Å². The van der Waals surface area contributed by atoms with Gasteiger partial charge in [-0.25, -0.2) is 0 Å². The smallest absolute Gasteiger partial charge is 0.191 e. The molecule has 0 saturated heterocycles. The second-order valence-corrected chi connectivity index (χ2v) is 5.94. The number of nitrogens with zero attached hydrogens (tertiary/aromatic N) is 1. The highest BCUT2D eigenvalue weighted by molar-refractivity contribution is 7.98. The summed E-state index contributed by atoms with van der Waals surface area (Å²) in [6, 6.07) is 10.3. The Hall–Kier alpha value is -1.20. The summed E-state index contributed by atoms with van der Waals surface area (Å²) in [5, 5.41) is 6.58. The average molecular weight is 324 g/mol. The highest BCUT2D eigenvalue weighted by Gasteiger charge is 2.04. The summed E-state index contributed by atoms with van der Waals surface area (Å²) >= 11 is 1.83. The molecule has 0 aliphatic carbocycles. The number of ether oxygens (including phenoxy) is 1. The van der Waals surface area contributed by atoms with E-state index in [4.69, 9.17) is 4.74 Å². The molecule has 0 aliphatic heterocycles. The molecule has 0 radical (unpaired) electrons. The van der Waals surface area contributed by atoms with Crippen LogP contribution in [0.4, 0.5) is 0 Å². The molecule has 0 bridgehead atoms. The number of nitrogens with one attached hydrogen (secondary N) is 2. The normalized spacial score (nSPS) is 13.0. The van der Waals surface area contributed by atoms with Crippen LogP contribution in [0.3, 0.4) is 0 Å². The molecule has 2 N–H and O–H groups in total. The molecular formula is C17H29N3OS. The summed E-state index contributed by atoms with van der Waals surface area (Å²) < 4.78 is 5.85. The standard InChI is InChI=1S/C17H29N3OS/c1-4-18-17(20-12-14-22-3)19-11-8-13-21-15(2)16-9-6-5-7-10-16/h5-7,9-10,15H,4,8,11-14H2,1-3H3,(H2,18,19,20). The van der Waals surface area contributed by atoms with Crippen LogP contribution in [0.5, 0.6) is 0 Å². The van der Waals surface area contributed by atoms with Gasteiger partial charge in [0.1, 0.15) is 0 Å². The van der Waals surface area contributed by atoms with Gasteiger partial charge in [0.15, 0.2) is 5.96 Å². The van der Waals surface area contributed by atoms with E-state index in [-0.39, 0.29) is 6.10 Å². The second-order valence-electron chi connectivity index (χ2n) is 4.96. The van der Waals surface area contributed by atoms with Crippen LogP contribution in [0.15, 0.2) is 35.3 Å². The molecule has 4 nitrogen and oxygen atoms in total. The SMILES string of the molecule is CCNC(=NCCCOC(C)c1ccccc1)NCCSC. The molecule has 1 unspecified atom stereocenters. The minimum absolute atomic E-state index is 0.137. The molecule has 22 heavy (non-hydrogen) atoms. The van der Waals surface area contributed by atoms with E-state index in [0.29, 0.717) is 0 Å². The maximum atomic E-state index is 5.85. The minimum Gasteiger partial charge on any atom is -0.374 e. The van der Waals surface area contributed by atoms with Crippen molar-refractivity contribution in [2.24, 2.45) is 4.99 Å². The number of hydrogen-bond donors (Lipinski definition) is 2. The van der Waals surface area contributed by atoms with E-state index in [9.17, 15) is 0 Å². The van der Waals surface area contributed by atoms with E-state index in [2.05, 4.69) is 47.9 Å². The van der Waals surface area contributed by atoms with Gasteiger partial charge in [-0.2, -0.15) is 11.8 Å². The van der Waals surface area contributed by atoms with Crippen LogP contribution in [-0.2, 0) is 4.74 Å². The third kappa shape index (κ3) is 8.29. The van der Waals surface area contributed by atoms with E-state index >= 15 is 0 Å². The van der Waals surface area contributed by atoms with E-state index < -0.39 is 0 Å². The number of aliphatic imine (C=N–C) groups is 1. The van der Waals surface area contributed by atoms with Crippen molar-refractivity contribution in [3.8, 4) is 0 Å². The van der Waals surface area contributed by atoms with Gasteiger partial charge < -0.3 is 15.4 Å². The molecule has 124 valence electrons. The fourth-order valence-electron chi connectivity index (χ4n) is 1.95. The summed E-state index contributed by atoms with van der Waals surface area (Å²) in [7, 11) is 0. The van der Waals surface area contributed by atoms with Gasteiger partial charge in [-0.05, 0) is 32.1 Å². The largest absolute Gasteiger partial charge is 0.374 e. The maximum Gasteiger partial charge on any atom is 0.191 e. The lowest BCUT2D eigenvalue weighted by molar-refractivity contribution is 0.0652. The van der Waals surface area contributed by atoms with Crippen LogP contribution in [-0.4, -0.2) is 44.2 Å². The van der Waals surface area contributed by atoms with Crippen LogP contribution in [0, 0.1) is 0 Å². The Morgan fingerprint density at radius 1 is 1.27 bits per heavy atom. The Balaban J connectivity index is 2.22. The number of guanidine groups is 1. The van der Waals surface area contributed by atoms with Gasteiger partial charge in [0.25, 0.3) is 0 Å². The van der Waals surface area contributed by atoms with Gasteiger partial charge >= 0.3 is 0 Å². The summed E-state index contributed by atoms with van der Waals surface area (Å²) in [5.74, 6) is 1.98. The molecular weight excluding hydrogens is 294 g/mol. The van der Waals surface area contributed by atoms with Gasteiger partial charge in [-0.15, -0.1) is 0 Å². The Morgan fingerprint density at radius 3 is 2.73 bits per heavy atom. The topological polar surface area (TPSA) is 45.7 Å². The zero-order chi connectivity index (χ0) is 16.0. The molecule has 5 heteroatoms. The van der Waals surface area contributed by atoms with Crippen LogP contribution < -0.4 is 10.6 Å². The molecule has 1 aromatic carbocycles. The van der Waals surface area contributed by atoms with Gasteiger partial charge in [-0.1, -0.05) is 30.3 Å². The highest BCUT2D eigenvalue weighted by atomic mass is 32.2. The number of thioether (sulfide) groups is 1. The van der Waals surface area contributed by atoms with Gasteiger partial charge in [-0.3, -0.25) is 4.99 Å². The third-order valence-corrected chi connectivity index (χ3v) is 3.76. The van der Waals surface area contributed by atoms with Crippen molar-refractivity contribution < 1.29 is 4.74 Å². The Bertz CT molecular complexity index is 412. The third-order valence-electron chi connectivity index (χ3n) is 3.15. The lowest BCUT2D eigenvalue weighted by Gasteiger charge is -2.13. The van der Waals surface area contributed by atoms with Crippen molar-refractivity contribution >= 4 is 17.7 Å². The zero-order valence-electron chi connectivity index (χ0n) is 14.0. The molecule has 1 aromatic rings. The number of benzene rings is 1. The van der Waals surface area contributed by atoms with Gasteiger partial charge in [0.2, 0.25) is 0 Å². The van der Waals surface area contributed by atoms with E-state index in [1.165, 1.54) is 5.56 Å². The maximum absolute atomic E-state index is 5.85. The van der Waals surface area contributed by atoms with Crippen molar-refractivity contribution in [3.63, 3.8) is 0 Å². The molecule has 0 aliphatic rings. The van der Waals surface area contributed by atoms with E-state index in [0.717, 1.165) is 44.4 Å². The van der Waals surface area contributed by atoms with Gasteiger partial charge in [0.05, 0.1) is 6.10 Å². The first kappa shape index (κ1) is 18.8. The van der Waals surface area contributed by atoms with Crippen LogP contribution >= 0.6 is 11.8 Å². The predicted octanol–water partition coefficient (Wildman–Crippen LogP) is 3.07. The summed E-state index contributed by atoms with van der Waals surface area (Å²) in [6.45, 7) is 7.49. The van der Waals surface area contributed by atoms with Gasteiger partial charge in [0, 0.05) is 32.0 Å². The molecule has 0 heterocycles. The first-order valence-corrected chi connectivity index (χ1v) is 9.35. The summed E-state index contributed by atoms with van der Waals surface area (Å²) in [6.07, 6.45) is 3.17. The lowest BCUT2D eigenvalue weighted by atomic mass is 10.1. The Kier molecular flexibility index (Phi) is 10.6. The highest BCUT2D eigenvalue weighted by Crippen LogP contribution is 2.15. The molecule has 0 saturated carbocycles. The molecule has 0 spiro atoms. The van der Waals surface area contributed by atoms with Crippen molar-refractivity contribution in [2.45, 2.75) is 26.4 Å². The second kappa shape index (κ2) is 12.4. The molecule has 1 atom stereocenters. The minimum atomic E-state index is 0.137. The van der Waals surface area contributed by atoms with Crippen molar-refractivity contribution in [3.05, 3.63) is 35.9 Å². The molecule has 1 rings (SSSR count). The number of hydrogen-bond acceptors (Lipinski definition) is 3. The lowest BCUT2D eigenvalue weighted by Crippen LogP contribution is -2.38. The zero-order valence-corrected chi connectivity index (χ0v) is 14.8. The summed E-state index contributed by atoms with van der Waals surface area (Å²) in [5.41, 5.74) is 1.22. The molecule has 0 amide bonds. The van der Waals surface area contributed by atoms with E-state index in [1.807, 2.05) is 30.0 Å². The van der Waals surface area contributed by atoms with Crippen LogP contribution in [0.2, 0.25) is 0 Å². The first-order chi connectivity index (χ1) is 10.8. The summed E-state index contributed by atoms with van der Waals surface area (Å²) in [4.78, 5) is 4.56. The monoisotopic (exact) mass is 323 g/mol. The predicted molar refractivity (Wildman–Crippen MR) is 97.8 cm³/mol. The van der Waals surface area contributed by atoms with Crippen molar-refractivity contribution in [1.29, 1.82) is 0 Å². The number of rotatable bonds is 10. The average Bonchev–Trinajstić information content (AvgIpc) is 2.55. The first-order valence-electron chi connectivity index (χ1n) is 7.95. The fourth-order valence-corrected chi connectivity index (χ4v) is 2.26. The molecule has 0 fully saturated rings.